The summed E-state index contributed by atoms with van der Waals surface area (Å²) in [5.41, 5.74) is 1.89. The van der Waals surface area contributed by atoms with Crippen LogP contribution in [0.3, 0.4) is 0 Å². The molecule has 0 amide bonds. The minimum Gasteiger partial charge on any atom is -0.494 e. The highest BCUT2D eigenvalue weighted by molar-refractivity contribution is 5.82. The standard InChI is InChI=1S/C14H13NO3/c1-16-14-5-3-10-8-11(2-4-12(10)15-14)13-9-17-6-7-18-13/h2-5,8-9H,6-7H2,1H3. The van der Waals surface area contributed by atoms with E-state index in [1.165, 1.54) is 0 Å². The Morgan fingerprint density at radius 3 is 2.89 bits per heavy atom. The van der Waals surface area contributed by atoms with Gasteiger partial charge in [0, 0.05) is 17.0 Å². The fourth-order valence-corrected chi connectivity index (χ4v) is 1.89. The van der Waals surface area contributed by atoms with Gasteiger partial charge >= 0.3 is 0 Å². The van der Waals surface area contributed by atoms with Crippen molar-refractivity contribution in [1.29, 1.82) is 0 Å². The van der Waals surface area contributed by atoms with Crippen LogP contribution in [0.5, 0.6) is 5.88 Å². The molecule has 4 heteroatoms. The van der Waals surface area contributed by atoms with Crippen LogP contribution in [0.1, 0.15) is 5.56 Å². The topological polar surface area (TPSA) is 40.6 Å². The van der Waals surface area contributed by atoms with Crippen LogP contribution in [0, 0.1) is 0 Å². The fourth-order valence-electron chi connectivity index (χ4n) is 1.89. The van der Waals surface area contributed by atoms with Crippen LogP contribution in [-0.2, 0) is 9.47 Å². The molecule has 2 aromatic rings. The summed E-state index contributed by atoms with van der Waals surface area (Å²) in [5.74, 6) is 1.38. The smallest absolute Gasteiger partial charge is 0.213 e. The van der Waals surface area contributed by atoms with Crippen LogP contribution in [0.25, 0.3) is 16.7 Å². The molecule has 1 aromatic carbocycles. The van der Waals surface area contributed by atoms with Crippen molar-refractivity contribution >= 4 is 16.7 Å². The number of methoxy groups -OCH3 is 1. The molecule has 0 atom stereocenters. The maximum atomic E-state index is 5.55. The lowest BCUT2D eigenvalue weighted by Crippen LogP contribution is -2.07. The summed E-state index contributed by atoms with van der Waals surface area (Å²) >= 11 is 0. The van der Waals surface area contributed by atoms with Gasteiger partial charge in [-0.3, -0.25) is 0 Å². The Morgan fingerprint density at radius 1 is 1.17 bits per heavy atom. The van der Waals surface area contributed by atoms with E-state index in [1.54, 1.807) is 13.4 Å². The van der Waals surface area contributed by atoms with E-state index >= 15 is 0 Å². The van der Waals surface area contributed by atoms with Crippen molar-refractivity contribution in [3.63, 3.8) is 0 Å². The first-order valence-corrected chi connectivity index (χ1v) is 5.76. The molecule has 1 aliphatic rings. The zero-order valence-corrected chi connectivity index (χ0v) is 10.1. The van der Waals surface area contributed by atoms with Gasteiger partial charge in [-0.05, 0) is 24.3 Å². The van der Waals surface area contributed by atoms with E-state index in [4.69, 9.17) is 14.2 Å². The first kappa shape index (κ1) is 10.9. The summed E-state index contributed by atoms with van der Waals surface area (Å²) < 4.78 is 15.9. The third kappa shape index (κ3) is 1.97. The molecule has 0 unspecified atom stereocenters. The third-order valence-electron chi connectivity index (χ3n) is 2.81. The van der Waals surface area contributed by atoms with Crippen LogP contribution in [-0.4, -0.2) is 25.3 Å². The second-order valence-electron chi connectivity index (χ2n) is 3.96. The molecule has 0 bridgehead atoms. The molecule has 2 heterocycles. The van der Waals surface area contributed by atoms with Gasteiger partial charge in [0.25, 0.3) is 0 Å². The number of aromatic nitrogens is 1. The van der Waals surface area contributed by atoms with Crippen molar-refractivity contribution in [1.82, 2.24) is 4.98 Å². The number of fused-ring (bicyclic) bond motifs is 1. The maximum Gasteiger partial charge on any atom is 0.213 e. The molecule has 0 aliphatic carbocycles. The minimum absolute atomic E-state index is 0.588. The number of hydrogen-bond donors (Lipinski definition) is 0. The lowest BCUT2D eigenvalue weighted by molar-refractivity contribution is 0.125. The van der Waals surface area contributed by atoms with Crippen molar-refractivity contribution in [2.24, 2.45) is 0 Å². The number of ether oxygens (including phenoxy) is 3. The highest BCUT2D eigenvalue weighted by Crippen LogP contribution is 2.24. The minimum atomic E-state index is 0.588. The summed E-state index contributed by atoms with van der Waals surface area (Å²) in [5, 5.41) is 1.04. The second-order valence-corrected chi connectivity index (χ2v) is 3.96. The van der Waals surface area contributed by atoms with Crippen LogP contribution in [0.4, 0.5) is 0 Å². The van der Waals surface area contributed by atoms with E-state index in [1.807, 2.05) is 30.3 Å². The summed E-state index contributed by atoms with van der Waals surface area (Å²) in [6.45, 7) is 1.20. The van der Waals surface area contributed by atoms with Gasteiger partial charge in [0.2, 0.25) is 5.88 Å². The molecule has 0 spiro atoms. The molecule has 0 fully saturated rings. The maximum absolute atomic E-state index is 5.55. The van der Waals surface area contributed by atoms with Crippen molar-refractivity contribution in [3.05, 3.63) is 42.2 Å². The highest BCUT2D eigenvalue weighted by Gasteiger charge is 2.09. The van der Waals surface area contributed by atoms with Crippen molar-refractivity contribution < 1.29 is 14.2 Å². The molecular weight excluding hydrogens is 230 g/mol. The van der Waals surface area contributed by atoms with E-state index in [0.29, 0.717) is 19.1 Å². The molecule has 0 radical (unpaired) electrons. The second kappa shape index (κ2) is 4.56. The Kier molecular flexibility index (Phi) is 2.76. The molecule has 0 saturated carbocycles. The number of nitrogens with zero attached hydrogens (tertiary/aromatic N) is 1. The number of hydrogen-bond acceptors (Lipinski definition) is 4. The Bertz CT molecular complexity index is 607. The van der Waals surface area contributed by atoms with Crippen LogP contribution in [0.2, 0.25) is 0 Å². The van der Waals surface area contributed by atoms with Gasteiger partial charge in [-0.2, -0.15) is 0 Å². The van der Waals surface area contributed by atoms with E-state index < -0.39 is 0 Å². The van der Waals surface area contributed by atoms with Gasteiger partial charge in [0.05, 0.1) is 12.6 Å². The van der Waals surface area contributed by atoms with Crippen LogP contribution < -0.4 is 4.74 Å². The first-order chi connectivity index (χ1) is 8.86. The Morgan fingerprint density at radius 2 is 2.11 bits per heavy atom. The first-order valence-electron chi connectivity index (χ1n) is 5.76. The number of rotatable bonds is 2. The molecule has 1 aromatic heterocycles. The fraction of sp³-hybridized carbons (Fsp3) is 0.214. The molecule has 0 N–H and O–H groups in total. The SMILES string of the molecule is COc1ccc2cc(C3=COCCO3)ccc2n1. The zero-order valence-electron chi connectivity index (χ0n) is 10.1. The zero-order chi connectivity index (χ0) is 12.4. The van der Waals surface area contributed by atoms with E-state index in [9.17, 15) is 0 Å². The molecular formula is C14H13NO3. The average Bonchev–Trinajstić information content (AvgIpc) is 2.47. The molecule has 0 saturated heterocycles. The third-order valence-corrected chi connectivity index (χ3v) is 2.81. The predicted molar refractivity (Wildman–Crippen MR) is 68.2 cm³/mol. The lowest BCUT2D eigenvalue weighted by Gasteiger charge is -2.15. The van der Waals surface area contributed by atoms with E-state index in [-0.39, 0.29) is 0 Å². The average molecular weight is 243 g/mol. The van der Waals surface area contributed by atoms with Crippen molar-refractivity contribution in [3.8, 4) is 5.88 Å². The van der Waals surface area contributed by atoms with Gasteiger partial charge in [0.1, 0.15) is 19.5 Å². The Balaban J connectivity index is 2.03. The summed E-state index contributed by atoms with van der Waals surface area (Å²) in [6.07, 6.45) is 1.65. The van der Waals surface area contributed by atoms with Gasteiger partial charge in [-0.1, -0.05) is 0 Å². The number of benzene rings is 1. The highest BCUT2D eigenvalue weighted by atomic mass is 16.6. The Labute approximate surface area is 105 Å². The molecule has 1 aliphatic heterocycles. The summed E-state index contributed by atoms with van der Waals surface area (Å²) in [7, 11) is 1.61. The van der Waals surface area contributed by atoms with E-state index in [2.05, 4.69) is 4.98 Å². The van der Waals surface area contributed by atoms with Crippen LogP contribution >= 0.6 is 0 Å². The summed E-state index contributed by atoms with van der Waals surface area (Å²) in [4.78, 5) is 4.37. The molecule has 18 heavy (non-hydrogen) atoms. The predicted octanol–water partition coefficient (Wildman–Crippen LogP) is 2.59. The quantitative estimate of drug-likeness (QED) is 0.812. The molecule has 4 nitrogen and oxygen atoms in total. The van der Waals surface area contributed by atoms with Gasteiger partial charge in [-0.15, -0.1) is 0 Å². The number of pyridine rings is 1. The molecule has 92 valence electrons. The summed E-state index contributed by atoms with van der Waals surface area (Å²) in [6, 6.07) is 9.77. The van der Waals surface area contributed by atoms with Crippen molar-refractivity contribution in [2.75, 3.05) is 20.3 Å². The van der Waals surface area contributed by atoms with Gasteiger partial charge in [0.15, 0.2) is 5.76 Å². The van der Waals surface area contributed by atoms with Gasteiger partial charge in [-0.25, -0.2) is 4.98 Å². The normalized spacial score (nSPS) is 14.6. The lowest BCUT2D eigenvalue weighted by atomic mass is 10.1. The van der Waals surface area contributed by atoms with Crippen LogP contribution in [0.15, 0.2) is 36.6 Å². The monoisotopic (exact) mass is 243 g/mol. The van der Waals surface area contributed by atoms with Gasteiger partial charge < -0.3 is 14.2 Å². The van der Waals surface area contributed by atoms with E-state index in [0.717, 1.165) is 22.2 Å². The van der Waals surface area contributed by atoms with Crippen molar-refractivity contribution in [2.45, 2.75) is 0 Å². The largest absolute Gasteiger partial charge is 0.494 e. The Hall–Kier alpha value is -2.23. The molecule has 3 rings (SSSR count).